The summed E-state index contributed by atoms with van der Waals surface area (Å²) in [6.45, 7) is 3.83. The lowest BCUT2D eigenvalue weighted by Gasteiger charge is -2.11. The summed E-state index contributed by atoms with van der Waals surface area (Å²) in [4.78, 5) is 55.9. The van der Waals surface area contributed by atoms with Crippen molar-refractivity contribution in [1.82, 2.24) is 4.98 Å². The van der Waals surface area contributed by atoms with Gasteiger partial charge in [-0.2, -0.15) is 0 Å². The summed E-state index contributed by atoms with van der Waals surface area (Å²) in [5.74, 6) is -1.42. The van der Waals surface area contributed by atoms with Gasteiger partial charge in [0.1, 0.15) is 0 Å². The Morgan fingerprint density at radius 2 is 1.34 bits per heavy atom. The molecule has 4 aromatic rings. The Morgan fingerprint density at radius 1 is 0.707 bits per heavy atom. The number of rotatable bonds is 5. The first kappa shape index (κ1) is 26.3. The minimum atomic E-state index is -1.61. The molecule has 0 fully saturated rings. The van der Waals surface area contributed by atoms with Crippen LogP contribution in [-0.2, 0) is 4.79 Å². The molecule has 14 nitrogen and oxygen atoms in total. The predicted molar refractivity (Wildman–Crippen MR) is 147 cm³/mol. The number of carbonyl (C=O) groups is 1. The van der Waals surface area contributed by atoms with Gasteiger partial charge in [0.15, 0.2) is 0 Å². The smallest absolute Gasteiger partial charge is 0.354 e. The molecule has 0 unspecified atom stereocenters. The molecule has 0 aliphatic heterocycles. The molecule has 0 saturated carbocycles. The molecular formula is C27H15N5O9. The number of fused-ring (bicyclic) bond motifs is 6. The number of nitro groups is 4. The van der Waals surface area contributed by atoms with Crippen molar-refractivity contribution in [3.05, 3.63) is 147 Å². The summed E-state index contributed by atoms with van der Waals surface area (Å²) in [7, 11) is 0. The van der Waals surface area contributed by atoms with Crippen LogP contribution >= 0.6 is 0 Å². The molecule has 202 valence electrons. The van der Waals surface area contributed by atoms with Crippen molar-refractivity contribution in [3.8, 4) is 0 Å². The van der Waals surface area contributed by atoms with Crippen LogP contribution in [0.15, 0.2) is 89.9 Å². The van der Waals surface area contributed by atoms with Gasteiger partial charge in [-0.25, -0.2) is 0 Å². The highest BCUT2D eigenvalue weighted by Gasteiger charge is 2.55. The van der Waals surface area contributed by atoms with Crippen LogP contribution in [-0.4, -0.2) is 30.5 Å². The van der Waals surface area contributed by atoms with Gasteiger partial charge in [-0.1, -0.05) is 61.2 Å². The summed E-state index contributed by atoms with van der Waals surface area (Å²) in [6.07, 6.45) is 2.89. The van der Waals surface area contributed by atoms with E-state index >= 15 is 0 Å². The number of H-pyrrole nitrogens is 1. The van der Waals surface area contributed by atoms with Crippen LogP contribution in [0.4, 0.5) is 5.69 Å². The number of ketones is 1. The van der Waals surface area contributed by atoms with E-state index < -0.39 is 59.4 Å². The average molecular weight is 553 g/mol. The standard InChI is InChI=1S/C14H11N.C13H4N4O9/c1-2-10-6-5-8-12-11-7-3-4-9-13(11)15-14(10)12;18-13-6-4-5-2-1-3-7(14(19)20)8(5)9(6)10(15(21)22)11(16(23)24)12(13)17(25)26/h2-9,15H,1H2;1-4H. The van der Waals surface area contributed by atoms with Crippen molar-refractivity contribution in [2.75, 3.05) is 0 Å². The van der Waals surface area contributed by atoms with Gasteiger partial charge in [-0.05, 0) is 23.3 Å². The molecule has 1 N–H and O–H groups in total. The molecular weight excluding hydrogens is 538 g/mol. The number of hydrogen-bond donors (Lipinski definition) is 1. The van der Waals surface area contributed by atoms with Crippen LogP contribution in [0.3, 0.4) is 0 Å². The lowest BCUT2D eigenvalue weighted by atomic mass is 9.89. The number of carbonyl (C=O) groups excluding carboxylic acids is 1. The summed E-state index contributed by atoms with van der Waals surface area (Å²) in [5, 5.41) is 47.6. The molecule has 1 heterocycles. The molecule has 0 amide bonds. The van der Waals surface area contributed by atoms with Gasteiger partial charge >= 0.3 is 17.1 Å². The first-order valence-corrected chi connectivity index (χ1v) is 11.6. The van der Waals surface area contributed by atoms with E-state index in [2.05, 4.69) is 48.0 Å². The monoisotopic (exact) mass is 553 g/mol. The number of aromatic amines is 1. The van der Waals surface area contributed by atoms with E-state index in [1.807, 2.05) is 12.1 Å². The molecule has 6 rings (SSSR count). The van der Waals surface area contributed by atoms with Crippen molar-refractivity contribution < 1.29 is 24.5 Å². The first-order valence-electron chi connectivity index (χ1n) is 11.6. The topological polar surface area (TPSA) is 205 Å². The molecule has 1 aromatic heterocycles. The third-order valence-corrected chi connectivity index (χ3v) is 6.58. The van der Waals surface area contributed by atoms with Crippen LogP contribution in [0.25, 0.3) is 39.5 Å². The second-order valence-corrected chi connectivity index (χ2v) is 8.72. The number of benzene rings is 3. The SMILES string of the molecule is C=Cc1cccc2c1[nH]c1ccccc12.O=C1C2=Cc3cccc([N+](=O)[O-])c3C2=C([N+](=O)[O-])C([N+](=O)[O-])=C1[N+](=O)[O-]. The Balaban J connectivity index is 0.000000189. The molecule has 14 heteroatoms. The molecule has 2 aliphatic carbocycles. The highest BCUT2D eigenvalue weighted by atomic mass is 16.7. The molecule has 0 atom stereocenters. The number of para-hydroxylation sites is 2. The Bertz CT molecular complexity index is 2000. The summed E-state index contributed by atoms with van der Waals surface area (Å²) in [6, 6.07) is 18.2. The Morgan fingerprint density at radius 3 is 1.98 bits per heavy atom. The van der Waals surface area contributed by atoms with E-state index in [-0.39, 0.29) is 11.1 Å². The van der Waals surface area contributed by atoms with Crippen LogP contribution in [0.5, 0.6) is 0 Å². The lowest BCUT2D eigenvalue weighted by molar-refractivity contribution is -0.498. The lowest BCUT2D eigenvalue weighted by Crippen LogP contribution is -2.27. The van der Waals surface area contributed by atoms with Gasteiger partial charge in [0.05, 0.1) is 36.3 Å². The molecule has 2 aliphatic rings. The highest BCUT2D eigenvalue weighted by molar-refractivity contribution is 6.26. The van der Waals surface area contributed by atoms with Gasteiger partial charge < -0.3 is 4.98 Å². The first-order chi connectivity index (χ1) is 19.6. The quantitative estimate of drug-likeness (QED) is 0.251. The predicted octanol–water partition coefficient (Wildman–Crippen LogP) is 5.29. The van der Waals surface area contributed by atoms with E-state index in [4.69, 9.17) is 0 Å². The van der Waals surface area contributed by atoms with Crippen LogP contribution in [0.2, 0.25) is 0 Å². The second kappa shape index (κ2) is 9.77. The van der Waals surface area contributed by atoms with E-state index in [1.54, 1.807) is 0 Å². The number of nitrogens with one attached hydrogen (secondary N) is 1. The van der Waals surface area contributed by atoms with E-state index in [9.17, 15) is 45.3 Å². The van der Waals surface area contributed by atoms with Crippen molar-refractivity contribution in [1.29, 1.82) is 0 Å². The van der Waals surface area contributed by atoms with Gasteiger partial charge in [-0.15, -0.1) is 0 Å². The maximum absolute atomic E-state index is 12.4. The molecule has 0 bridgehead atoms. The third-order valence-electron chi connectivity index (χ3n) is 6.58. The van der Waals surface area contributed by atoms with E-state index in [0.717, 1.165) is 17.7 Å². The zero-order valence-electron chi connectivity index (χ0n) is 20.6. The van der Waals surface area contributed by atoms with Crippen LogP contribution < -0.4 is 0 Å². The largest absolute Gasteiger partial charge is 0.427 e. The number of aromatic nitrogens is 1. The zero-order valence-corrected chi connectivity index (χ0v) is 20.6. The van der Waals surface area contributed by atoms with Gasteiger partial charge in [0.2, 0.25) is 0 Å². The Kier molecular flexibility index (Phi) is 6.27. The van der Waals surface area contributed by atoms with Gasteiger partial charge in [0, 0.05) is 27.9 Å². The van der Waals surface area contributed by atoms with Gasteiger partial charge in [0.25, 0.3) is 11.5 Å². The minimum absolute atomic E-state index is 0.0178. The average Bonchev–Trinajstić information content (AvgIpc) is 3.51. The van der Waals surface area contributed by atoms with Crippen LogP contribution in [0.1, 0.15) is 16.7 Å². The number of allylic oxidation sites excluding steroid dienone is 2. The number of nitro benzene ring substituents is 1. The van der Waals surface area contributed by atoms with E-state index in [0.29, 0.717) is 0 Å². The van der Waals surface area contributed by atoms with E-state index in [1.165, 1.54) is 33.9 Å². The van der Waals surface area contributed by atoms with Crippen molar-refractivity contribution in [3.63, 3.8) is 0 Å². The minimum Gasteiger partial charge on any atom is -0.354 e. The van der Waals surface area contributed by atoms with Crippen molar-refractivity contribution in [2.24, 2.45) is 0 Å². The number of hydrogen-bond acceptors (Lipinski definition) is 9. The maximum atomic E-state index is 12.4. The zero-order chi connectivity index (χ0) is 29.6. The van der Waals surface area contributed by atoms with Gasteiger partial charge in [-0.3, -0.25) is 45.3 Å². The normalized spacial score (nSPS) is 13.8. The summed E-state index contributed by atoms with van der Waals surface area (Å²) in [5.41, 5.74) is -3.20. The molecule has 3 aromatic carbocycles. The maximum Gasteiger partial charge on any atom is 0.427 e. The van der Waals surface area contributed by atoms with Crippen LogP contribution in [0, 0.1) is 40.5 Å². The van der Waals surface area contributed by atoms with Crippen molar-refractivity contribution >= 4 is 51.0 Å². The molecule has 41 heavy (non-hydrogen) atoms. The Labute approximate surface area is 227 Å². The molecule has 0 saturated heterocycles. The second-order valence-electron chi connectivity index (χ2n) is 8.72. The number of Topliss-reactive ketones (excluding diaryl/α,β-unsaturated/α-hetero) is 1. The highest BCUT2D eigenvalue weighted by Crippen LogP contribution is 2.48. The fourth-order valence-corrected chi connectivity index (χ4v) is 4.94. The number of nitrogens with zero attached hydrogens (tertiary/aromatic N) is 4. The summed E-state index contributed by atoms with van der Waals surface area (Å²) < 4.78 is 0. The molecule has 0 spiro atoms. The van der Waals surface area contributed by atoms with Crippen molar-refractivity contribution in [2.45, 2.75) is 0 Å². The third kappa shape index (κ3) is 4.11. The summed E-state index contributed by atoms with van der Waals surface area (Å²) >= 11 is 0. The fourth-order valence-electron chi connectivity index (χ4n) is 4.94. The Hall–Kier alpha value is -6.31. The fraction of sp³-hybridized carbons (Fsp3) is 0. The molecule has 0 radical (unpaired) electrons.